The Balaban J connectivity index is 2.43. The number of esters is 1. The lowest BCUT2D eigenvalue weighted by molar-refractivity contribution is 0.0600. The minimum atomic E-state index is -0.455. The maximum absolute atomic E-state index is 11.8. The molecule has 1 heterocycles. The van der Waals surface area contributed by atoms with Gasteiger partial charge < -0.3 is 10.5 Å². The van der Waals surface area contributed by atoms with Crippen LogP contribution in [0.15, 0.2) is 24.4 Å². The van der Waals surface area contributed by atoms with E-state index in [1.54, 1.807) is 23.0 Å². The minimum absolute atomic E-state index is 0.371. The summed E-state index contributed by atoms with van der Waals surface area (Å²) in [6.07, 6.45) is 1.57. The Bertz CT molecular complexity index is 622. The Morgan fingerprint density at radius 2 is 2.26 bits per heavy atom. The lowest BCUT2D eigenvalue weighted by Gasteiger charge is -2.11. The van der Waals surface area contributed by atoms with Crippen LogP contribution >= 0.6 is 11.6 Å². The third-order valence-corrected chi connectivity index (χ3v) is 3.31. The smallest absolute Gasteiger partial charge is 0.340 e. The highest BCUT2D eigenvalue weighted by atomic mass is 35.5. The van der Waals surface area contributed by atoms with Gasteiger partial charge in [-0.2, -0.15) is 5.10 Å². The number of nitrogens with zero attached hydrogens (tertiary/aromatic N) is 2. The molecule has 2 aromatic rings. The Morgan fingerprint density at radius 1 is 1.53 bits per heavy atom. The van der Waals surface area contributed by atoms with E-state index in [1.165, 1.54) is 7.11 Å². The molecule has 19 heavy (non-hydrogen) atoms. The van der Waals surface area contributed by atoms with E-state index in [0.717, 1.165) is 11.3 Å². The summed E-state index contributed by atoms with van der Waals surface area (Å²) in [4.78, 5) is 11.8. The average molecular weight is 280 g/mol. The van der Waals surface area contributed by atoms with E-state index in [4.69, 9.17) is 22.1 Å². The minimum Gasteiger partial charge on any atom is -0.465 e. The maximum atomic E-state index is 11.8. The van der Waals surface area contributed by atoms with Crippen LogP contribution in [0.4, 0.5) is 5.69 Å². The predicted molar refractivity (Wildman–Crippen MR) is 73.3 cm³/mol. The van der Waals surface area contributed by atoms with Gasteiger partial charge in [-0.15, -0.1) is 0 Å². The first-order valence-corrected chi connectivity index (χ1v) is 6.06. The molecule has 0 spiro atoms. The fourth-order valence-corrected chi connectivity index (χ4v) is 1.99. The summed E-state index contributed by atoms with van der Waals surface area (Å²) in [6.45, 7) is 2.27. The lowest BCUT2D eigenvalue weighted by atomic mass is 10.1. The van der Waals surface area contributed by atoms with E-state index in [2.05, 4.69) is 5.10 Å². The number of methoxy groups -OCH3 is 1. The van der Waals surface area contributed by atoms with E-state index >= 15 is 0 Å². The van der Waals surface area contributed by atoms with E-state index in [9.17, 15) is 4.79 Å². The van der Waals surface area contributed by atoms with Gasteiger partial charge in [0.1, 0.15) is 0 Å². The molecule has 0 radical (unpaired) electrons. The van der Waals surface area contributed by atoms with Crippen molar-refractivity contribution in [1.82, 2.24) is 9.78 Å². The van der Waals surface area contributed by atoms with Crippen molar-refractivity contribution in [2.24, 2.45) is 0 Å². The van der Waals surface area contributed by atoms with Crippen LogP contribution < -0.4 is 5.73 Å². The van der Waals surface area contributed by atoms with Crippen molar-refractivity contribution in [2.45, 2.75) is 13.5 Å². The molecule has 5 nitrogen and oxygen atoms in total. The van der Waals surface area contributed by atoms with E-state index < -0.39 is 5.97 Å². The second kappa shape index (κ2) is 5.32. The van der Waals surface area contributed by atoms with Gasteiger partial charge in [-0.1, -0.05) is 23.7 Å². The number of ether oxygens (including phenoxy) is 1. The molecule has 2 rings (SSSR count). The van der Waals surface area contributed by atoms with Crippen molar-refractivity contribution < 1.29 is 9.53 Å². The number of aromatic nitrogens is 2. The second-order valence-electron chi connectivity index (χ2n) is 4.11. The monoisotopic (exact) mass is 279 g/mol. The molecule has 0 amide bonds. The topological polar surface area (TPSA) is 70.1 Å². The van der Waals surface area contributed by atoms with Gasteiger partial charge in [0.2, 0.25) is 0 Å². The number of benzene rings is 1. The third-order valence-electron chi connectivity index (χ3n) is 2.94. The second-order valence-corrected chi connectivity index (χ2v) is 4.52. The first-order chi connectivity index (χ1) is 9.04. The number of carbonyl (C=O) groups excluding carboxylic acids is 1. The predicted octanol–water partition coefficient (Wildman–Crippen LogP) is 2.26. The number of hydrogen-bond acceptors (Lipinski definition) is 4. The number of anilines is 1. The lowest BCUT2D eigenvalue weighted by Crippen LogP contribution is -2.13. The highest BCUT2D eigenvalue weighted by Gasteiger charge is 2.16. The molecule has 100 valence electrons. The molecule has 0 aliphatic heterocycles. The average Bonchev–Trinajstić information content (AvgIpc) is 2.70. The number of nitrogens with two attached hydrogens (primary N) is 1. The van der Waals surface area contributed by atoms with Crippen molar-refractivity contribution in [3.05, 3.63) is 46.2 Å². The zero-order valence-electron chi connectivity index (χ0n) is 10.7. The molecule has 0 bridgehead atoms. The molecule has 0 saturated carbocycles. The molecule has 0 saturated heterocycles. The molecule has 0 aliphatic rings. The Morgan fingerprint density at radius 3 is 2.84 bits per heavy atom. The Hall–Kier alpha value is -2.01. The quantitative estimate of drug-likeness (QED) is 0.691. The van der Waals surface area contributed by atoms with E-state index in [0.29, 0.717) is 22.8 Å². The van der Waals surface area contributed by atoms with Crippen LogP contribution in [0.5, 0.6) is 0 Å². The highest BCUT2D eigenvalue weighted by Crippen LogP contribution is 2.21. The standard InChI is InChI=1S/C13H14ClN3O2/c1-8-10(14)6-16-17(8)7-9-4-3-5-11(15)12(9)13(18)19-2/h3-6H,7,15H2,1-2H3. The van der Waals surface area contributed by atoms with Gasteiger partial charge in [0, 0.05) is 5.69 Å². The molecular formula is C13H14ClN3O2. The SMILES string of the molecule is COC(=O)c1c(N)cccc1Cn1ncc(Cl)c1C. The van der Waals surface area contributed by atoms with Crippen molar-refractivity contribution in [3.63, 3.8) is 0 Å². The number of halogens is 1. The Kier molecular flexibility index (Phi) is 3.76. The first-order valence-electron chi connectivity index (χ1n) is 5.68. The van der Waals surface area contributed by atoms with Crippen molar-refractivity contribution in [2.75, 3.05) is 12.8 Å². The fraction of sp³-hybridized carbons (Fsp3) is 0.231. The molecule has 0 unspecified atom stereocenters. The van der Waals surface area contributed by atoms with Gasteiger partial charge in [0.25, 0.3) is 0 Å². The maximum Gasteiger partial charge on any atom is 0.340 e. The van der Waals surface area contributed by atoms with Gasteiger partial charge >= 0.3 is 5.97 Å². The van der Waals surface area contributed by atoms with Crippen LogP contribution in [0.3, 0.4) is 0 Å². The first kappa shape index (κ1) is 13.4. The number of rotatable bonds is 3. The number of nitrogen functional groups attached to an aromatic ring is 1. The normalized spacial score (nSPS) is 10.5. The number of carbonyl (C=O) groups is 1. The van der Waals surface area contributed by atoms with Crippen LogP contribution in [0, 0.1) is 6.92 Å². The van der Waals surface area contributed by atoms with Gasteiger partial charge in [0.15, 0.2) is 0 Å². The highest BCUT2D eigenvalue weighted by molar-refractivity contribution is 6.31. The summed E-state index contributed by atoms with van der Waals surface area (Å²) >= 11 is 5.96. The molecule has 1 aromatic heterocycles. The molecular weight excluding hydrogens is 266 g/mol. The van der Waals surface area contributed by atoms with Crippen LogP contribution in [-0.4, -0.2) is 22.9 Å². The summed E-state index contributed by atoms with van der Waals surface area (Å²) in [7, 11) is 1.33. The number of hydrogen-bond donors (Lipinski definition) is 1. The van der Waals surface area contributed by atoms with Crippen LogP contribution in [0.2, 0.25) is 5.02 Å². The van der Waals surface area contributed by atoms with Gasteiger partial charge in [-0.05, 0) is 18.6 Å². The van der Waals surface area contributed by atoms with Gasteiger partial charge in [0.05, 0.1) is 36.1 Å². The summed E-state index contributed by atoms with van der Waals surface area (Å²) in [5.41, 5.74) is 8.18. The molecule has 6 heteroatoms. The zero-order chi connectivity index (χ0) is 14.0. The summed E-state index contributed by atoms with van der Waals surface area (Å²) in [6, 6.07) is 5.27. The van der Waals surface area contributed by atoms with Crippen LogP contribution in [0.1, 0.15) is 21.6 Å². The zero-order valence-corrected chi connectivity index (χ0v) is 11.4. The molecule has 2 N–H and O–H groups in total. The summed E-state index contributed by atoms with van der Waals surface area (Å²) < 4.78 is 6.47. The third kappa shape index (κ3) is 2.56. The summed E-state index contributed by atoms with van der Waals surface area (Å²) in [5, 5.41) is 4.74. The molecule has 1 aromatic carbocycles. The van der Waals surface area contributed by atoms with Crippen molar-refractivity contribution in [3.8, 4) is 0 Å². The van der Waals surface area contributed by atoms with Crippen molar-refractivity contribution >= 4 is 23.3 Å². The van der Waals surface area contributed by atoms with E-state index in [1.807, 2.05) is 13.0 Å². The van der Waals surface area contributed by atoms with Gasteiger partial charge in [-0.25, -0.2) is 4.79 Å². The van der Waals surface area contributed by atoms with Crippen LogP contribution in [-0.2, 0) is 11.3 Å². The van der Waals surface area contributed by atoms with Crippen LogP contribution in [0.25, 0.3) is 0 Å². The Labute approximate surface area is 115 Å². The molecule has 0 fully saturated rings. The van der Waals surface area contributed by atoms with E-state index in [-0.39, 0.29) is 0 Å². The largest absolute Gasteiger partial charge is 0.465 e. The fourth-order valence-electron chi connectivity index (χ4n) is 1.85. The molecule has 0 atom stereocenters. The van der Waals surface area contributed by atoms with Gasteiger partial charge in [-0.3, -0.25) is 4.68 Å². The summed E-state index contributed by atoms with van der Waals surface area (Å²) in [5.74, 6) is -0.455. The molecule has 0 aliphatic carbocycles. The van der Waals surface area contributed by atoms with Crippen molar-refractivity contribution in [1.29, 1.82) is 0 Å².